The minimum atomic E-state index is -0.419. The summed E-state index contributed by atoms with van der Waals surface area (Å²) in [5.74, 6) is 0.643. The molecule has 178 valence electrons. The molecule has 0 aliphatic carbocycles. The van der Waals surface area contributed by atoms with E-state index in [1.54, 1.807) is 42.5 Å². The molecule has 0 bridgehead atoms. The van der Waals surface area contributed by atoms with E-state index >= 15 is 0 Å². The number of benzene rings is 3. The molecule has 0 aromatic heterocycles. The van der Waals surface area contributed by atoms with Crippen molar-refractivity contribution in [3.63, 3.8) is 0 Å². The van der Waals surface area contributed by atoms with Crippen LogP contribution in [0, 0.1) is 12.7 Å². The van der Waals surface area contributed by atoms with Gasteiger partial charge >= 0.3 is 5.97 Å². The average Bonchev–Trinajstić information content (AvgIpc) is 3.19. The largest absolute Gasteiger partial charge is 0.477 e. The highest BCUT2D eigenvalue weighted by atomic mass is 19.1. The fourth-order valence-corrected chi connectivity index (χ4v) is 4.36. The number of methoxy groups -OCH3 is 1. The SMILES string of the molecule is COC(=O)c1ccc(/C=C2\Oc3c(cc4c(c3C)OCN(CCc3ccc(F)cc3)C4)C2=O)cc1. The van der Waals surface area contributed by atoms with Gasteiger partial charge in [0.2, 0.25) is 5.78 Å². The Hall–Kier alpha value is -3.97. The van der Waals surface area contributed by atoms with Crippen LogP contribution in [0.1, 0.15) is 43.0 Å². The van der Waals surface area contributed by atoms with Crippen molar-refractivity contribution in [1.82, 2.24) is 4.90 Å². The number of ketones is 1. The highest BCUT2D eigenvalue weighted by Crippen LogP contribution is 2.43. The molecule has 0 amide bonds. The third kappa shape index (κ3) is 4.55. The number of allylic oxidation sites excluding steroid dienone is 1. The molecule has 0 saturated carbocycles. The summed E-state index contributed by atoms with van der Waals surface area (Å²) in [5, 5.41) is 0. The lowest BCUT2D eigenvalue weighted by Gasteiger charge is -2.30. The van der Waals surface area contributed by atoms with Crippen molar-refractivity contribution in [3.05, 3.63) is 99.6 Å². The van der Waals surface area contributed by atoms with Crippen LogP contribution >= 0.6 is 0 Å². The molecule has 3 aromatic carbocycles. The number of ether oxygens (including phenoxy) is 3. The van der Waals surface area contributed by atoms with Crippen LogP contribution in [0.4, 0.5) is 4.39 Å². The number of rotatable bonds is 5. The monoisotopic (exact) mass is 473 g/mol. The molecule has 0 spiro atoms. The number of esters is 1. The average molecular weight is 474 g/mol. The van der Waals surface area contributed by atoms with Crippen molar-refractivity contribution in [2.75, 3.05) is 20.4 Å². The third-order valence-electron chi connectivity index (χ3n) is 6.26. The maximum absolute atomic E-state index is 13.1. The van der Waals surface area contributed by atoms with Gasteiger partial charge in [-0.1, -0.05) is 24.3 Å². The Balaban J connectivity index is 1.33. The highest BCUT2D eigenvalue weighted by molar-refractivity contribution is 6.15. The first kappa shape index (κ1) is 22.8. The molecule has 7 heteroatoms. The summed E-state index contributed by atoms with van der Waals surface area (Å²) in [6.45, 7) is 3.72. The summed E-state index contributed by atoms with van der Waals surface area (Å²) in [5.41, 5.74) is 4.48. The molecule has 0 atom stereocenters. The standard InChI is InChI=1S/C28H24FNO5/c1-17-26-21(15-30(16-34-26)12-11-18-5-9-22(29)10-6-18)14-23-25(31)24(35-27(17)23)13-19-3-7-20(8-4-19)28(32)33-2/h3-10,13-14H,11-12,15-16H2,1-2H3/b24-13-. The van der Waals surface area contributed by atoms with Crippen molar-refractivity contribution in [2.24, 2.45) is 0 Å². The number of carbonyl (C=O) groups excluding carboxylic acids is 2. The summed E-state index contributed by atoms with van der Waals surface area (Å²) in [7, 11) is 1.33. The predicted octanol–water partition coefficient (Wildman–Crippen LogP) is 4.93. The Labute approximate surface area is 202 Å². The fourth-order valence-electron chi connectivity index (χ4n) is 4.36. The van der Waals surface area contributed by atoms with Crippen LogP contribution in [0.2, 0.25) is 0 Å². The number of hydrogen-bond acceptors (Lipinski definition) is 6. The Bertz CT molecular complexity index is 1330. The first-order valence-electron chi connectivity index (χ1n) is 11.3. The molecular weight excluding hydrogens is 449 g/mol. The van der Waals surface area contributed by atoms with Crippen LogP contribution < -0.4 is 9.47 Å². The van der Waals surface area contributed by atoms with Gasteiger partial charge in [-0.15, -0.1) is 0 Å². The zero-order valence-corrected chi connectivity index (χ0v) is 19.5. The maximum Gasteiger partial charge on any atom is 0.337 e. The molecule has 0 radical (unpaired) electrons. The predicted molar refractivity (Wildman–Crippen MR) is 128 cm³/mol. The first-order chi connectivity index (χ1) is 16.9. The second-order valence-corrected chi connectivity index (χ2v) is 8.62. The van der Waals surface area contributed by atoms with Gasteiger partial charge in [0.1, 0.15) is 24.0 Å². The van der Waals surface area contributed by atoms with Crippen LogP contribution in [0.3, 0.4) is 0 Å². The number of hydrogen-bond donors (Lipinski definition) is 0. The Kier molecular flexibility index (Phi) is 6.09. The van der Waals surface area contributed by atoms with Gasteiger partial charge in [-0.2, -0.15) is 0 Å². The molecule has 3 aromatic rings. The van der Waals surface area contributed by atoms with Crippen molar-refractivity contribution >= 4 is 17.8 Å². The van der Waals surface area contributed by atoms with E-state index in [2.05, 4.69) is 4.90 Å². The summed E-state index contributed by atoms with van der Waals surface area (Å²) < 4.78 is 29.9. The van der Waals surface area contributed by atoms with Gasteiger partial charge in [0.15, 0.2) is 5.76 Å². The Morgan fingerprint density at radius 2 is 1.86 bits per heavy atom. The molecule has 2 heterocycles. The molecular formula is C28H24FNO5. The van der Waals surface area contributed by atoms with E-state index in [1.807, 2.05) is 13.0 Å². The summed E-state index contributed by atoms with van der Waals surface area (Å²) in [6.07, 6.45) is 2.43. The van der Waals surface area contributed by atoms with E-state index < -0.39 is 5.97 Å². The number of fused-ring (bicyclic) bond motifs is 2. The van der Waals surface area contributed by atoms with Gasteiger partial charge in [-0.3, -0.25) is 9.69 Å². The molecule has 6 nitrogen and oxygen atoms in total. The van der Waals surface area contributed by atoms with Crippen LogP contribution in [0.25, 0.3) is 6.08 Å². The third-order valence-corrected chi connectivity index (χ3v) is 6.26. The fraction of sp³-hybridized carbons (Fsp3) is 0.214. The lowest BCUT2D eigenvalue weighted by molar-refractivity contribution is 0.0600. The molecule has 0 unspecified atom stereocenters. The van der Waals surface area contributed by atoms with Gasteiger partial charge in [0.05, 0.1) is 18.2 Å². The van der Waals surface area contributed by atoms with Crippen molar-refractivity contribution in [3.8, 4) is 11.5 Å². The van der Waals surface area contributed by atoms with Gasteiger partial charge in [0, 0.05) is 24.2 Å². The van der Waals surface area contributed by atoms with Crippen LogP contribution in [-0.2, 0) is 17.7 Å². The summed E-state index contributed by atoms with van der Waals surface area (Å²) >= 11 is 0. The molecule has 2 aliphatic rings. The van der Waals surface area contributed by atoms with E-state index in [0.717, 1.165) is 41.0 Å². The Morgan fingerprint density at radius 1 is 1.11 bits per heavy atom. The zero-order chi connectivity index (χ0) is 24.5. The van der Waals surface area contributed by atoms with Gasteiger partial charge in [0.25, 0.3) is 0 Å². The number of halogens is 1. The van der Waals surface area contributed by atoms with E-state index in [-0.39, 0.29) is 17.4 Å². The second kappa shape index (κ2) is 9.35. The van der Waals surface area contributed by atoms with Crippen molar-refractivity contribution in [1.29, 1.82) is 0 Å². The molecule has 35 heavy (non-hydrogen) atoms. The second-order valence-electron chi connectivity index (χ2n) is 8.62. The lowest BCUT2D eigenvalue weighted by Crippen LogP contribution is -2.34. The van der Waals surface area contributed by atoms with Gasteiger partial charge in [-0.05, 0) is 60.9 Å². The molecule has 0 saturated heterocycles. The smallest absolute Gasteiger partial charge is 0.337 e. The maximum atomic E-state index is 13.1. The van der Waals surface area contributed by atoms with Crippen LogP contribution in [-0.4, -0.2) is 37.0 Å². The zero-order valence-electron chi connectivity index (χ0n) is 19.5. The first-order valence-corrected chi connectivity index (χ1v) is 11.3. The number of nitrogens with zero attached hydrogens (tertiary/aromatic N) is 1. The Morgan fingerprint density at radius 3 is 2.57 bits per heavy atom. The minimum Gasteiger partial charge on any atom is -0.477 e. The van der Waals surface area contributed by atoms with Crippen LogP contribution in [0.15, 0.2) is 60.4 Å². The summed E-state index contributed by atoms with van der Waals surface area (Å²) in [6, 6.07) is 15.1. The van der Waals surface area contributed by atoms with E-state index in [4.69, 9.17) is 14.2 Å². The normalized spacial score (nSPS) is 15.9. The van der Waals surface area contributed by atoms with E-state index in [0.29, 0.717) is 30.2 Å². The quantitative estimate of drug-likeness (QED) is 0.387. The number of carbonyl (C=O) groups is 2. The lowest BCUT2D eigenvalue weighted by atomic mass is 9.99. The van der Waals surface area contributed by atoms with Gasteiger partial charge in [-0.25, -0.2) is 9.18 Å². The molecule has 5 rings (SSSR count). The topological polar surface area (TPSA) is 65.1 Å². The molecule has 0 N–H and O–H groups in total. The van der Waals surface area contributed by atoms with Crippen molar-refractivity contribution < 1.29 is 28.2 Å². The van der Waals surface area contributed by atoms with Crippen LogP contribution in [0.5, 0.6) is 11.5 Å². The minimum absolute atomic E-state index is 0.189. The summed E-state index contributed by atoms with van der Waals surface area (Å²) in [4.78, 5) is 26.9. The van der Waals surface area contributed by atoms with Gasteiger partial charge < -0.3 is 14.2 Å². The highest BCUT2D eigenvalue weighted by Gasteiger charge is 2.33. The van der Waals surface area contributed by atoms with E-state index in [9.17, 15) is 14.0 Å². The molecule has 0 fully saturated rings. The van der Waals surface area contributed by atoms with E-state index in [1.165, 1.54) is 19.2 Å². The van der Waals surface area contributed by atoms with Crippen molar-refractivity contribution in [2.45, 2.75) is 19.9 Å². The number of Topliss-reactive ketones (excluding diaryl/α,β-unsaturated/α-hetero) is 1. The molecule has 2 aliphatic heterocycles.